The quantitative estimate of drug-likeness (QED) is 0.769. The number of rotatable bonds is 2. The largest absolute Gasteiger partial charge is 0.494 e. The van der Waals surface area contributed by atoms with Crippen molar-refractivity contribution in [2.24, 2.45) is 0 Å². The fourth-order valence-electron chi connectivity index (χ4n) is 2.33. The van der Waals surface area contributed by atoms with Crippen LogP contribution in [0.5, 0.6) is 0 Å². The van der Waals surface area contributed by atoms with Gasteiger partial charge in [-0.25, -0.2) is 4.39 Å². The average molecular weight is 256 g/mol. The van der Waals surface area contributed by atoms with Crippen molar-refractivity contribution in [3.05, 3.63) is 53.8 Å². The third-order valence-corrected chi connectivity index (χ3v) is 3.30. The Hall–Kier alpha value is -1.65. The van der Waals surface area contributed by atoms with E-state index in [9.17, 15) is 4.39 Å². The second-order valence-electron chi connectivity index (χ2n) is 4.66. The SMILES string of the molecule is Cc1cc(-c2cccc(F)c2)ccc1B1OCCO1. The van der Waals surface area contributed by atoms with E-state index < -0.39 is 0 Å². The topological polar surface area (TPSA) is 18.5 Å². The molecule has 96 valence electrons. The highest BCUT2D eigenvalue weighted by atomic mass is 19.1. The molecule has 0 N–H and O–H groups in total. The molecule has 4 heteroatoms. The van der Waals surface area contributed by atoms with Crippen LogP contribution in [0.25, 0.3) is 11.1 Å². The van der Waals surface area contributed by atoms with E-state index in [-0.39, 0.29) is 12.9 Å². The van der Waals surface area contributed by atoms with Gasteiger partial charge in [-0.2, -0.15) is 0 Å². The molecule has 0 radical (unpaired) electrons. The van der Waals surface area contributed by atoms with Gasteiger partial charge in [0.05, 0.1) is 13.2 Å². The van der Waals surface area contributed by atoms with Crippen molar-refractivity contribution in [1.82, 2.24) is 0 Å². The molecule has 0 bridgehead atoms. The van der Waals surface area contributed by atoms with Crippen molar-refractivity contribution >= 4 is 12.6 Å². The smallest absolute Gasteiger partial charge is 0.405 e. The fourth-order valence-corrected chi connectivity index (χ4v) is 2.33. The second-order valence-corrected chi connectivity index (χ2v) is 4.66. The predicted octanol–water partition coefficient (Wildman–Crippen LogP) is 2.54. The number of hydrogen-bond acceptors (Lipinski definition) is 2. The molecule has 0 amide bonds. The maximum Gasteiger partial charge on any atom is 0.494 e. The Kier molecular flexibility index (Phi) is 3.36. The van der Waals surface area contributed by atoms with Gasteiger partial charge in [0.15, 0.2) is 0 Å². The molecule has 0 aromatic heterocycles. The highest BCUT2D eigenvalue weighted by molar-refractivity contribution is 6.62. The summed E-state index contributed by atoms with van der Waals surface area (Å²) in [5, 5.41) is 0. The zero-order chi connectivity index (χ0) is 13.2. The monoisotopic (exact) mass is 256 g/mol. The van der Waals surface area contributed by atoms with E-state index >= 15 is 0 Å². The molecule has 0 unspecified atom stereocenters. The Morgan fingerprint density at radius 3 is 2.42 bits per heavy atom. The lowest BCUT2D eigenvalue weighted by molar-refractivity contribution is 0.365. The predicted molar refractivity (Wildman–Crippen MR) is 73.9 cm³/mol. The molecule has 1 aliphatic rings. The lowest BCUT2D eigenvalue weighted by Gasteiger charge is -2.10. The van der Waals surface area contributed by atoms with E-state index in [1.165, 1.54) is 12.1 Å². The maximum atomic E-state index is 13.2. The zero-order valence-electron chi connectivity index (χ0n) is 10.7. The number of hydrogen-bond donors (Lipinski definition) is 0. The Morgan fingerprint density at radius 1 is 1.00 bits per heavy atom. The number of aryl methyl sites for hydroxylation is 1. The molecular formula is C15H14BFO2. The summed E-state index contributed by atoms with van der Waals surface area (Å²) in [4.78, 5) is 0. The molecule has 0 aliphatic carbocycles. The van der Waals surface area contributed by atoms with E-state index in [1.807, 2.05) is 31.2 Å². The molecule has 2 aromatic carbocycles. The highest BCUT2D eigenvalue weighted by Crippen LogP contribution is 2.21. The van der Waals surface area contributed by atoms with Gasteiger partial charge in [0.25, 0.3) is 0 Å². The van der Waals surface area contributed by atoms with Crippen LogP contribution in [0, 0.1) is 12.7 Å². The minimum Gasteiger partial charge on any atom is -0.405 e. The summed E-state index contributed by atoms with van der Waals surface area (Å²) in [5.74, 6) is -0.221. The molecular weight excluding hydrogens is 242 g/mol. The second kappa shape index (κ2) is 5.15. The van der Waals surface area contributed by atoms with Crippen LogP contribution >= 0.6 is 0 Å². The van der Waals surface area contributed by atoms with Crippen LogP contribution in [0.15, 0.2) is 42.5 Å². The van der Waals surface area contributed by atoms with Crippen LogP contribution in [0.3, 0.4) is 0 Å². The molecule has 19 heavy (non-hydrogen) atoms. The number of halogens is 1. The van der Waals surface area contributed by atoms with Gasteiger partial charge in [-0.15, -0.1) is 0 Å². The first-order valence-corrected chi connectivity index (χ1v) is 6.34. The molecule has 0 atom stereocenters. The van der Waals surface area contributed by atoms with E-state index in [4.69, 9.17) is 9.31 Å². The van der Waals surface area contributed by atoms with Gasteiger partial charge in [0.2, 0.25) is 0 Å². The van der Waals surface area contributed by atoms with Gasteiger partial charge in [-0.3, -0.25) is 0 Å². The third-order valence-electron chi connectivity index (χ3n) is 3.30. The van der Waals surface area contributed by atoms with E-state index in [0.717, 1.165) is 22.2 Å². The molecule has 0 saturated carbocycles. The summed E-state index contributed by atoms with van der Waals surface area (Å²) in [6.07, 6.45) is 0. The van der Waals surface area contributed by atoms with Crippen molar-refractivity contribution < 1.29 is 13.7 Å². The Labute approximate surface area is 112 Å². The average Bonchev–Trinajstić information content (AvgIpc) is 2.92. The minimum atomic E-state index is -0.262. The van der Waals surface area contributed by atoms with Crippen LogP contribution in [0.1, 0.15) is 5.56 Å². The summed E-state index contributed by atoms with van der Waals surface area (Å²) in [5.41, 5.74) is 4.01. The Bertz CT molecular complexity index is 594. The molecule has 0 spiro atoms. The van der Waals surface area contributed by atoms with Gasteiger partial charge < -0.3 is 9.31 Å². The van der Waals surface area contributed by atoms with Crippen LogP contribution < -0.4 is 5.46 Å². The van der Waals surface area contributed by atoms with E-state index in [0.29, 0.717) is 13.2 Å². The van der Waals surface area contributed by atoms with Crippen molar-refractivity contribution in [2.75, 3.05) is 13.2 Å². The Balaban J connectivity index is 1.94. The van der Waals surface area contributed by atoms with Crippen LogP contribution in [-0.2, 0) is 9.31 Å². The van der Waals surface area contributed by atoms with Gasteiger partial charge in [-0.1, -0.05) is 35.9 Å². The molecule has 2 nitrogen and oxygen atoms in total. The molecule has 1 aliphatic heterocycles. The lowest BCUT2D eigenvalue weighted by Crippen LogP contribution is -2.33. The lowest BCUT2D eigenvalue weighted by atomic mass is 9.76. The van der Waals surface area contributed by atoms with Crippen LogP contribution in [0.2, 0.25) is 0 Å². The zero-order valence-corrected chi connectivity index (χ0v) is 10.7. The van der Waals surface area contributed by atoms with Crippen LogP contribution in [-0.4, -0.2) is 20.3 Å². The van der Waals surface area contributed by atoms with Gasteiger partial charge in [-0.05, 0) is 35.6 Å². The fraction of sp³-hybridized carbons (Fsp3) is 0.200. The summed E-state index contributed by atoms with van der Waals surface area (Å²) in [6, 6.07) is 12.6. The summed E-state index contributed by atoms with van der Waals surface area (Å²) >= 11 is 0. The normalized spacial score (nSPS) is 14.9. The molecule has 2 aromatic rings. The summed E-state index contributed by atoms with van der Waals surface area (Å²) in [7, 11) is -0.262. The highest BCUT2D eigenvalue weighted by Gasteiger charge is 2.27. The molecule has 1 saturated heterocycles. The van der Waals surface area contributed by atoms with Crippen molar-refractivity contribution in [2.45, 2.75) is 6.92 Å². The first kappa shape index (κ1) is 12.4. The Morgan fingerprint density at radius 2 is 1.74 bits per heavy atom. The first-order chi connectivity index (χ1) is 9.24. The third kappa shape index (κ3) is 2.55. The number of benzene rings is 2. The van der Waals surface area contributed by atoms with E-state index in [2.05, 4.69) is 0 Å². The minimum absolute atomic E-state index is 0.221. The van der Waals surface area contributed by atoms with Gasteiger partial charge in [0, 0.05) is 0 Å². The molecule has 1 fully saturated rings. The standard InChI is InChI=1S/C15H14BFO2/c1-11-9-13(12-3-2-4-14(17)10-12)5-6-15(11)16-18-7-8-19-16/h2-6,9-10H,7-8H2,1H3. The summed E-state index contributed by atoms with van der Waals surface area (Å²) < 4.78 is 24.2. The summed E-state index contributed by atoms with van der Waals surface area (Å²) in [6.45, 7) is 3.29. The maximum absolute atomic E-state index is 13.2. The van der Waals surface area contributed by atoms with Crippen molar-refractivity contribution in [1.29, 1.82) is 0 Å². The van der Waals surface area contributed by atoms with Gasteiger partial charge in [0.1, 0.15) is 5.82 Å². The first-order valence-electron chi connectivity index (χ1n) is 6.34. The van der Waals surface area contributed by atoms with Crippen LogP contribution in [0.4, 0.5) is 4.39 Å². The van der Waals surface area contributed by atoms with E-state index in [1.54, 1.807) is 6.07 Å². The van der Waals surface area contributed by atoms with Crippen molar-refractivity contribution in [3.63, 3.8) is 0 Å². The molecule has 3 rings (SSSR count). The molecule has 1 heterocycles. The van der Waals surface area contributed by atoms with Crippen molar-refractivity contribution in [3.8, 4) is 11.1 Å². The van der Waals surface area contributed by atoms with Gasteiger partial charge >= 0.3 is 7.12 Å².